The van der Waals surface area contributed by atoms with Crippen LogP contribution >= 0.6 is 24.8 Å². The van der Waals surface area contributed by atoms with Gasteiger partial charge in [-0.25, -0.2) is 0 Å². The maximum absolute atomic E-state index is 12.5. The second-order valence-corrected chi connectivity index (χ2v) is 7.10. The third kappa shape index (κ3) is 4.31. The highest BCUT2D eigenvalue weighted by Crippen LogP contribution is 2.49. The van der Waals surface area contributed by atoms with Crippen LogP contribution in [0.25, 0.3) is 0 Å². The topological polar surface area (TPSA) is 67.6 Å². The lowest BCUT2D eigenvalue weighted by Crippen LogP contribution is -2.75. The number of nitrogens with one attached hydrogen (secondary N) is 1. The van der Waals surface area contributed by atoms with Gasteiger partial charge in [0.2, 0.25) is 5.91 Å². The van der Waals surface area contributed by atoms with Gasteiger partial charge in [-0.1, -0.05) is 20.8 Å². The predicted octanol–water partition coefficient (Wildman–Crippen LogP) is 1.82. The quantitative estimate of drug-likeness (QED) is 0.749. The lowest BCUT2D eigenvalue weighted by molar-refractivity contribution is -0.170. The summed E-state index contributed by atoms with van der Waals surface area (Å²) in [5, 5.41) is 3.08. The molecular weight excluding hydrogens is 337 g/mol. The standard InChI is InChI=1S/C16H31N3O2.2ClH/c1-5-19-8-7-12(11-19)10-18-14(20)16(17)9-13(21-6-2)15(16,3)4;;/h12-13H,5-11,17H2,1-4H3,(H,18,20);2*1H. The molecule has 0 radical (unpaired) electrons. The minimum Gasteiger partial charge on any atom is -0.378 e. The number of nitrogens with two attached hydrogens (primary N) is 1. The zero-order chi connectivity index (χ0) is 15.7. The van der Waals surface area contributed by atoms with Crippen LogP contribution in [0.4, 0.5) is 0 Å². The third-order valence-electron chi connectivity index (χ3n) is 5.60. The first-order valence-electron chi connectivity index (χ1n) is 8.26. The third-order valence-corrected chi connectivity index (χ3v) is 5.60. The van der Waals surface area contributed by atoms with Crippen LogP contribution in [0, 0.1) is 11.3 Å². The largest absolute Gasteiger partial charge is 0.378 e. The Morgan fingerprint density at radius 1 is 1.35 bits per heavy atom. The fraction of sp³-hybridized carbons (Fsp3) is 0.938. The molecular formula is C16H33Cl2N3O2. The van der Waals surface area contributed by atoms with Crippen LogP contribution in [0.2, 0.25) is 0 Å². The van der Waals surface area contributed by atoms with Crippen molar-refractivity contribution < 1.29 is 9.53 Å². The molecule has 3 atom stereocenters. The number of likely N-dealkylation sites (tertiary alicyclic amines) is 1. The predicted molar refractivity (Wildman–Crippen MR) is 98.5 cm³/mol. The fourth-order valence-electron chi connectivity index (χ4n) is 3.58. The van der Waals surface area contributed by atoms with Gasteiger partial charge < -0.3 is 20.7 Å². The van der Waals surface area contributed by atoms with Crippen molar-refractivity contribution in [1.82, 2.24) is 10.2 Å². The van der Waals surface area contributed by atoms with E-state index in [-0.39, 0.29) is 42.2 Å². The summed E-state index contributed by atoms with van der Waals surface area (Å²) in [5.74, 6) is 0.543. The molecule has 3 unspecified atom stereocenters. The highest BCUT2D eigenvalue weighted by Gasteiger charge is 2.62. The first-order chi connectivity index (χ1) is 9.85. The minimum atomic E-state index is -0.796. The van der Waals surface area contributed by atoms with E-state index in [0.29, 0.717) is 18.9 Å². The molecule has 0 aromatic heterocycles. The van der Waals surface area contributed by atoms with Crippen LogP contribution in [0.3, 0.4) is 0 Å². The number of carbonyl (C=O) groups excluding carboxylic acids is 1. The maximum atomic E-state index is 12.5. The average Bonchev–Trinajstić information content (AvgIpc) is 2.92. The molecule has 3 N–H and O–H groups in total. The Balaban J connectivity index is 0.00000242. The summed E-state index contributed by atoms with van der Waals surface area (Å²) < 4.78 is 5.68. The van der Waals surface area contributed by atoms with Gasteiger partial charge in [-0.15, -0.1) is 24.8 Å². The molecule has 7 heteroatoms. The SMILES string of the molecule is CCOC1CC(N)(C(=O)NCC2CCN(CC)C2)C1(C)C.Cl.Cl. The van der Waals surface area contributed by atoms with Gasteiger partial charge in [-0.2, -0.15) is 0 Å². The second kappa shape index (κ2) is 8.86. The van der Waals surface area contributed by atoms with Crippen molar-refractivity contribution >= 4 is 30.7 Å². The summed E-state index contributed by atoms with van der Waals surface area (Å²) in [7, 11) is 0. The Hall–Kier alpha value is -0.0700. The van der Waals surface area contributed by atoms with Gasteiger partial charge in [-0.05, 0) is 32.4 Å². The van der Waals surface area contributed by atoms with Crippen molar-refractivity contribution in [3.05, 3.63) is 0 Å². The highest BCUT2D eigenvalue weighted by atomic mass is 35.5. The monoisotopic (exact) mass is 369 g/mol. The van der Waals surface area contributed by atoms with Gasteiger partial charge in [0.25, 0.3) is 0 Å². The van der Waals surface area contributed by atoms with Gasteiger partial charge >= 0.3 is 0 Å². The zero-order valence-electron chi connectivity index (χ0n) is 14.8. The Bertz CT molecular complexity index is 396. The van der Waals surface area contributed by atoms with Crippen molar-refractivity contribution in [2.75, 3.05) is 32.8 Å². The van der Waals surface area contributed by atoms with Gasteiger partial charge in [-0.3, -0.25) is 4.79 Å². The van der Waals surface area contributed by atoms with E-state index in [9.17, 15) is 4.79 Å². The molecule has 2 rings (SSSR count). The molecule has 0 aromatic rings. The van der Waals surface area contributed by atoms with Crippen molar-refractivity contribution in [3.8, 4) is 0 Å². The number of amides is 1. The smallest absolute Gasteiger partial charge is 0.240 e. The van der Waals surface area contributed by atoms with E-state index in [1.54, 1.807) is 0 Å². The number of nitrogens with zero attached hydrogens (tertiary/aromatic N) is 1. The van der Waals surface area contributed by atoms with E-state index in [2.05, 4.69) is 17.1 Å². The number of rotatable bonds is 6. The number of carbonyl (C=O) groups is 1. The first kappa shape index (κ1) is 22.9. The number of halogens is 2. The summed E-state index contributed by atoms with van der Waals surface area (Å²) >= 11 is 0. The van der Waals surface area contributed by atoms with E-state index < -0.39 is 5.54 Å². The number of hydrogen-bond donors (Lipinski definition) is 2. The molecule has 2 aliphatic rings. The van der Waals surface area contributed by atoms with Crippen molar-refractivity contribution in [2.24, 2.45) is 17.1 Å². The fourth-order valence-corrected chi connectivity index (χ4v) is 3.58. The molecule has 0 bridgehead atoms. The number of ether oxygens (including phenoxy) is 1. The highest BCUT2D eigenvalue weighted by molar-refractivity contribution is 5.88. The van der Waals surface area contributed by atoms with E-state index >= 15 is 0 Å². The summed E-state index contributed by atoms with van der Waals surface area (Å²) in [5.41, 5.74) is 5.28. The molecule has 138 valence electrons. The Labute approximate surface area is 152 Å². The minimum absolute atomic E-state index is 0. The lowest BCUT2D eigenvalue weighted by Gasteiger charge is -2.57. The summed E-state index contributed by atoms with van der Waals surface area (Å²) in [6, 6.07) is 0. The van der Waals surface area contributed by atoms with Gasteiger partial charge in [0.05, 0.1) is 6.10 Å². The van der Waals surface area contributed by atoms with Gasteiger partial charge in [0, 0.05) is 31.5 Å². The van der Waals surface area contributed by atoms with Crippen molar-refractivity contribution in [2.45, 2.75) is 52.2 Å². The molecule has 0 spiro atoms. The van der Waals surface area contributed by atoms with Crippen LogP contribution < -0.4 is 11.1 Å². The summed E-state index contributed by atoms with van der Waals surface area (Å²) in [6.07, 6.45) is 1.86. The molecule has 5 nitrogen and oxygen atoms in total. The molecule has 1 aliphatic heterocycles. The van der Waals surface area contributed by atoms with E-state index in [4.69, 9.17) is 10.5 Å². The first-order valence-corrected chi connectivity index (χ1v) is 8.26. The second-order valence-electron chi connectivity index (χ2n) is 7.10. The molecule has 1 amide bonds. The maximum Gasteiger partial charge on any atom is 0.240 e. The van der Waals surface area contributed by atoms with E-state index in [1.165, 1.54) is 0 Å². The summed E-state index contributed by atoms with van der Waals surface area (Å²) in [4.78, 5) is 14.9. The van der Waals surface area contributed by atoms with Crippen molar-refractivity contribution in [1.29, 1.82) is 0 Å². The lowest BCUT2D eigenvalue weighted by atomic mass is 9.54. The molecule has 2 fully saturated rings. The van der Waals surface area contributed by atoms with Crippen LogP contribution in [-0.4, -0.2) is 55.2 Å². The zero-order valence-corrected chi connectivity index (χ0v) is 16.4. The molecule has 23 heavy (non-hydrogen) atoms. The van der Waals surface area contributed by atoms with Crippen LogP contribution in [0.5, 0.6) is 0 Å². The van der Waals surface area contributed by atoms with E-state index in [1.807, 2.05) is 20.8 Å². The Morgan fingerprint density at radius 3 is 2.48 bits per heavy atom. The molecule has 1 aliphatic carbocycles. The average molecular weight is 370 g/mol. The van der Waals surface area contributed by atoms with Crippen LogP contribution in [-0.2, 0) is 9.53 Å². The van der Waals surface area contributed by atoms with E-state index in [0.717, 1.165) is 32.6 Å². The molecule has 1 heterocycles. The van der Waals surface area contributed by atoms with Gasteiger partial charge in [0.1, 0.15) is 5.54 Å². The van der Waals surface area contributed by atoms with Crippen LogP contribution in [0.15, 0.2) is 0 Å². The molecule has 1 saturated carbocycles. The van der Waals surface area contributed by atoms with Gasteiger partial charge in [0.15, 0.2) is 0 Å². The normalized spacial score (nSPS) is 32.4. The Morgan fingerprint density at radius 2 is 2.00 bits per heavy atom. The molecule has 0 aromatic carbocycles. The van der Waals surface area contributed by atoms with Crippen molar-refractivity contribution in [3.63, 3.8) is 0 Å². The number of hydrogen-bond acceptors (Lipinski definition) is 4. The summed E-state index contributed by atoms with van der Waals surface area (Å²) in [6.45, 7) is 12.9. The van der Waals surface area contributed by atoms with Crippen LogP contribution in [0.1, 0.15) is 40.5 Å². The Kier molecular flexibility index (Phi) is 8.83. The molecule has 1 saturated heterocycles.